The Bertz CT molecular complexity index is 823. The van der Waals surface area contributed by atoms with Crippen molar-refractivity contribution >= 4 is 11.1 Å². The Labute approximate surface area is 145 Å². The van der Waals surface area contributed by atoms with Gasteiger partial charge in [0.1, 0.15) is 11.3 Å². The molecular formula is C20H21FN2O2. The number of rotatable bonds is 4. The molecule has 1 aliphatic rings. The van der Waals surface area contributed by atoms with E-state index >= 15 is 0 Å². The molecule has 1 N–H and O–H groups in total. The summed E-state index contributed by atoms with van der Waals surface area (Å²) in [6.07, 6.45) is 1.22. The van der Waals surface area contributed by atoms with Crippen molar-refractivity contribution < 1.29 is 13.9 Å². The Morgan fingerprint density at radius 2 is 1.96 bits per heavy atom. The Morgan fingerprint density at radius 1 is 1.16 bits per heavy atom. The van der Waals surface area contributed by atoms with E-state index in [0.717, 1.165) is 42.9 Å². The highest BCUT2D eigenvalue weighted by Gasteiger charge is 2.26. The van der Waals surface area contributed by atoms with Gasteiger partial charge in [0.05, 0.1) is 6.10 Å². The first-order valence-electron chi connectivity index (χ1n) is 8.70. The molecule has 1 aliphatic heterocycles. The van der Waals surface area contributed by atoms with Crippen molar-refractivity contribution in [3.63, 3.8) is 0 Å². The van der Waals surface area contributed by atoms with Gasteiger partial charge in [0.2, 0.25) is 0 Å². The molecule has 1 aromatic heterocycles. The number of halogens is 1. The van der Waals surface area contributed by atoms with Gasteiger partial charge in [-0.25, -0.2) is 9.37 Å². The maximum Gasteiger partial charge on any atom is 0.198 e. The molecule has 0 saturated carbocycles. The number of hydrogen-bond donors (Lipinski definition) is 1. The van der Waals surface area contributed by atoms with E-state index in [2.05, 4.69) is 9.88 Å². The number of oxazole rings is 1. The summed E-state index contributed by atoms with van der Waals surface area (Å²) in [6, 6.07) is 14.0. The summed E-state index contributed by atoms with van der Waals surface area (Å²) in [6.45, 7) is 2.26. The quantitative estimate of drug-likeness (QED) is 0.783. The van der Waals surface area contributed by atoms with E-state index in [0.29, 0.717) is 18.0 Å². The molecular weight excluding hydrogens is 319 g/mol. The van der Waals surface area contributed by atoms with Crippen LogP contribution < -0.4 is 0 Å². The Morgan fingerprint density at radius 3 is 2.72 bits per heavy atom. The molecule has 1 saturated heterocycles. The van der Waals surface area contributed by atoms with Crippen LogP contribution in [0.3, 0.4) is 0 Å². The largest absolute Gasteiger partial charge is 0.440 e. The van der Waals surface area contributed by atoms with E-state index in [1.54, 1.807) is 12.1 Å². The predicted molar refractivity (Wildman–Crippen MR) is 93.8 cm³/mol. The second kappa shape index (κ2) is 6.94. The normalized spacial score (nSPS) is 17.8. The van der Waals surface area contributed by atoms with E-state index in [-0.39, 0.29) is 5.82 Å². The van der Waals surface area contributed by atoms with Gasteiger partial charge in [0.15, 0.2) is 11.5 Å². The average Bonchev–Trinajstić information content (AvgIpc) is 3.06. The molecule has 3 aromatic rings. The van der Waals surface area contributed by atoms with Crippen molar-refractivity contribution in [3.8, 4) is 0 Å². The molecule has 4 rings (SSSR count). The molecule has 2 heterocycles. The van der Waals surface area contributed by atoms with Crippen LogP contribution in [0.1, 0.15) is 36.3 Å². The van der Waals surface area contributed by atoms with Crippen molar-refractivity contribution in [1.29, 1.82) is 0 Å². The second-order valence-electron chi connectivity index (χ2n) is 6.67. The van der Waals surface area contributed by atoms with Crippen LogP contribution in [0.15, 0.2) is 52.9 Å². The van der Waals surface area contributed by atoms with E-state index in [1.165, 1.54) is 12.1 Å². The first kappa shape index (κ1) is 16.2. The second-order valence-corrected chi connectivity index (χ2v) is 6.67. The van der Waals surface area contributed by atoms with E-state index in [9.17, 15) is 9.50 Å². The molecule has 0 unspecified atom stereocenters. The topological polar surface area (TPSA) is 49.5 Å². The molecule has 0 radical (unpaired) electrons. The zero-order valence-electron chi connectivity index (χ0n) is 13.9. The summed E-state index contributed by atoms with van der Waals surface area (Å²) in [7, 11) is 0. The zero-order chi connectivity index (χ0) is 17.2. The average molecular weight is 340 g/mol. The number of para-hydroxylation sites is 2. The highest BCUT2D eigenvalue weighted by atomic mass is 19.1. The molecule has 1 atom stereocenters. The molecule has 4 nitrogen and oxygen atoms in total. The maximum absolute atomic E-state index is 13.3. The van der Waals surface area contributed by atoms with Gasteiger partial charge in [-0.15, -0.1) is 0 Å². The summed E-state index contributed by atoms with van der Waals surface area (Å²) in [5.74, 6) is 0.813. The summed E-state index contributed by atoms with van der Waals surface area (Å²) in [5.41, 5.74) is 2.36. The van der Waals surface area contributed by atoms with E-state index in [1.807, 2.05) is 24.3 Å². The molecule has 0 spiro atoms. The summed E-state index contributed by atoms with van der Waals surface area (Å²) in [5, 5.41) is 10.3. The van der Waals surface area contributed by atoms with Gasteiger partial charge < -0.3 is 14.4 Å². The lowest BCUT2D eigenvalue weighted by atomic mass is 9.96. The summed E-state index contributed by atoms with van der Waals surface area (Å²) in [4.78, 5) is 6.82. The van der Waals surface area contributed by atoms with Gasteiger partial charge in [-0.1, -0.05) is 24.3 Å². The third kappa shape index (κ3) is 3.57. The Balaban J connectivity index is 1.36. The lowest BCUT2D eigenvalue weighted by Crippen LogP contribution is -2.36. The lowest BCUT2D eigenvalue weighted by molar-refractivity contribution is 0.0948. The number of benzene rings is 2. The fourth-order valence-corrected chi connectivity index (χ4v) is 3.49. The molecule has 0 aliphatic carbocycles. The van der Waals surface area contributed by atoms with E-state index < -0.39 is 6.10 Å². The number of piperidine rings is 1. The number of aliphatic hydroxyl groups excluding tert-OH is 1. The fourth-order valence-electron chi connectivity index (χ4n) is 3.49. The number of fused-ring (bicyclic) bond motifs is 1. The minimum absolute atomic E-state index is 0.314. The van der Waals surface area contributed by atoms with Crippen molar-refractivity contribution in [2.24, 2.45) is 0 Å². The highest BCUT2D eigenvalue weighted by Crippen LogP contribution is 2.30. The van der Waals surface area contributed by atoms with Crippen LogP contribution in [0.4, 0.5) is 4.39 Å². The Kier molecular flexibility index (Phi) is 4.51. The number of aliphatic hydroxyl groups is 1. The van der Waals surface area contributed by atoms with Crippen LogP contribution in [0.25, 0.3) is 11.1 Å². The number of aromatic nitrogens is 1. The third-order valence-electron chi connectivity index (χ3n) is 4.91. The predicted octanol–water partition coefficient (Wildman–Crippen LogP) is 3.88. The number of nitrogens with zero attached hydrogens (tertiary/aromatic N) is 2. The van der Waals surface area contributed by atoms with Gasteiger partial charge in [-0.05, 0) is 55.8 Å². The Hall–Kier alpha value is -2.24. The lowest BCUT2D eigenvalue weighted by Gasteiger charge is -2.32. The molecule has 1 fully saturated rings. The smallest absolute Gasteiger partial charge is 0.198 e. The van der Waals surface area contributed by atoms with Crippen molar-refractivity contribution in [2.45, 2.75) is 24.9 Å². The summed E-state index contributed by atoms with van der Waals surface area (Å²) >= 11 is 0. The van der Waals surface area contributed by atoms with Gasteiger partial charge >= 0.3 is 0 Å². The standard InChI is InChI=1S/C20H21FN2O2/c21-16-5-3-4-15(12-16)18(24)13-23-10-8-14(9-11-23)20-22-17-6-1-2-7-19(17)25-20/h1-7,12,14,18,24H,8-11,13H2/t18-/m0/s1. The number of β-amino-alcohol motifs (C(OH)–C–C–N with tert-alkyl or cyclic N) is 1. The SMILES string of the molecule is O[C@@H](CN1CCC(c2nc3ccccc3o2)CC1)c1cccc(F)c1. The number of likely N-dealkylation sites (tertiary alicyclic amines) is 1. The van der Waals surface area contributed by atoms with Crippen LogP contribution in [-0.2, 0) is 0 Å². The maximum atomic E-state index is 13.3. The van der Waals surface area contributed by atoms with Crippen LogP contribution in [-0.4, -0.2) is 34.6 Å². The van der Waals surface area contributed by atoms with Crippen molar-refractivity contribution in [3.05, 3.63) is 65.8 Å². The molecule has 0 bridgehead atoms. The minimum Gasteiger partial charge on any atom is -0.440 e. The fraction of sp³-hybridized carbons (Fsp3) is 0.350. The van der Waals surface area contributed by atoms with Crippen molar-refractivity contribution in [1.82, 2.24) is 9.88 Å². The number of hydrogen-bond acceptors (Lipinski definition) is 4. The van der Waals surface area contributed by atoms with Gasteiger partial charge in [0, 0.05) is 12.5 Å². The molecule has 0 amide bonds. The van der Waals surface area contributed by atoms with Gasteiger partial charge in [-0.2, -0.15) is 0 Å². The van der Waals surface area contributed by atoms with Gasteiger partial charge in [-0.3, -0.25) is 0 Å². The molecule has 25 heavy (non-hydrogen) atoms. The monoisotopic (exact) mass is 340 g/mol. The third-order valence-corrected chi connectivity index (χ3v) is 4.91. The zero-order valence-corrected chi connectivity index (χ0v) is 13.9. The first-order chi connectivity index (χ1) is 12.2. The van der Waals surface area contributed by atoms with Crippen molar-refractivity contribution in [2.75, 3.05) is 19.6 Å². The molecule has 5 heteroatoms. The molecule has 130 valence electrons. The van der Waals surface area contributed by atoms with E-state index in [4.69, 9.17) is 4.42 Å². The highest BCUT2D eigenvalue weighted by molar-refractivity contribution is 5.72. The first-order valence-corrected chi connectivity index (χ1v) is 8.70. The summed E-state index contributed by atoms with van der Waals surface area (Å²) < 4.78 is 19.2. The van der Waals surface area contributed by atoms with Crippen LogP contribution in [0.5, 0.6) is 0 Å². The van der Waals surface area contributed by atoms with Crippen LogP contribution in [0.2, 0.25) is 0 Å². The minimum atomic E-state index is -0.670. The molecule has 2 aromatic carbocycles. The van der Waals surface area contributed by atoms with Crippen LogP contribution >= 0.6 is 0 Å². The van der Waals surface area contributed by atoms with Crippen LogP contribution in [0, 0.1) is 5.82 Å². The van der Waals surface area contributed by atoms with Gasteiger partial charge in [0.25, 0.3) is 0 Å².